The van der Waals surface area contributed by atoms with Crippen molar-refractivity contribution in [1.82, 2.24) is 0 Å². The largest absolute Gasteiger partial charge is 1.00 e. The molecule has 0 fully saturated rings. The van der Waals surface area contributed by atoms with Crippen molar-refractivity contribution in [2.24, 2.45) is 0 Å². The van der Waals surface area contributed by atoms with Gasteiger partial charge >= 0.3 is 29.6 Å². The van der Waals surface area contributed by atoms with E-state index in [-0.39, 0.29) is 36.2 Å². The van der Waals surface area contributed by atoms with Crippen molar-refractivity contribution in [2.75, 3.05) is 6.61 Å². The molecule has 0 N–H and O–H groups in total. The van der Waals surface area contributed by atoms with Crippen LogP contribution in [0.25, 0.3) is 0 Å². The average molecular weight is 178 g/mol. The molecule has 0 aliphatic rings. The Morgan fingerprint density at radius 1 is 1.40 bits per heavy atom. The summed E-state index contributed by atoms with van der Waals surface area (Å²) in [6, 6.07) is 0. The van der Waals surface area contributed by atoms with E-state index in [1.807, 2.05) is 13.8 Å². The minimum Gasteiger partial charge on any atom is -0.726 e. The van der Waals surface area contributed by atoms with E-state index in [1.165, 1.54) is 6.92 Å². The molecule has 0 bridgehead atoms. The third kappa shape index (κ3) is 23.2. The van der Waals surface area contributed by atoms with E-state index in [0.717, 1.165) is 0 Å². The third-order valence-electron chi connectivity index (χ3n) is 0.262. The first kappa shape index (κ1) is 17.1. The Labute approximate surface area is 84.2 Å². The zero-order valence-electron chi connectivity index (χ0n) is 6.75. The van der Waals surface area contributed by atoms with Crippen LogP contribution in [0.5, 0.6) is 0 Å². The van der Waals surface area contributed by atoms with Crippen LogP contribution in [0.1, 0.15) is 20.8 Å². The SMILES string of the molecule is CC.CCOS(=O)(=O)[O-].[Na+]. The maximum Gasteiger partial charge on any atom is 1.00 e. The first-order valence-electron chi connectivity index (χ1n) is 2.66. The van der Waals surface area contributed by atoms with Crippen LogP contribution in [0.4, 0.5) is 0 Å². The van der Waals surface area contributed by atoms with Crippen LogP contribution in [0.15, 0.2) is 0 Å². The standard InChI is InChI=1S/C2H6O4S.C2H6.Na/c1-2-6-7(3,4)5;1-2;/h2H2,1H3,(H,3,4,5);1-2H3;/q;;+1/p-1. The van der Waals surface area contributed by atoms with Crippen molar-refractivity contribution in [2.45, 2.75) is 20.8 Å². The van der Waals surface area contributed by atoms with Gasteiger partial charge in [-0.2, -0.15) is 0 Å². The zero-order chi connectivity index (χ0) is 7.91. The molecule has 0 aliphatic heterocycles. The van der Waals surface area contributed by atoms with Crippen molar-refractivity contribution in [3.63, 3.8) is 0 Å². The summed E-state index contributed by atoms with van der Waals surface area (Å²) in [7, 11) is -4.42. The molecule has 0 rings (SSSR count). The molecule has 4 nitrogen and oxygen atoms in total. The van der Waals surface area contributed by atoms with Crippen molar-refractivity contribution in [1.29, 1.82) is 0 Å². The van der Waals surface area contributed by atoms with Crippen LogP contribution in [-0.4, -0.2) is 19.6 Å². The van der Waals surface area contributed by atoms with E-state index in [1.54, 1.807) is 0 Å². The second kappa shape index (κ2) is 9.87. The Hall–Kier alpha value is 0.870. The molecule has 0 aliphatic carbocycles. The molecular weight excluding hydrogens is 167 g/mol. The molecule has 0 amide bonds. The smallest absolute Gasteiger partial charge is 0.726 e. The molecule has 58 valence electrons. The fraction of sp³-hybridized carbons (Fsp3) is 1.00. The number of hydrogen-bond donors (Lipinski definition) is 0. The van der Waals surface area contributed by atoms with Gasteiger partial charge in [0.1, 0.15) is 0 Å². The molecule has 0 radical (unpaired) electrons. The maximum atomic E-state index is 9.45. The monoisotopic (exact) mass is 178 g/mol. The van der Waals surface area contributed by atoms with Gasteiger partial charge in [0.05, 0.1) is 6.61 Å². The average Bonchev–Trinajstić information content (AvgIpc) is 1.69. The third-order valence-corrected chi connectivity index (χ3v) is 0.787. The summed E-state index contributed by atoms with van der Waals surface area (Å²) in [5, 5.41) is 0. The fourth-order valence-electron chi connectivity index (χ4n) is 0.144. The Morgan fingerprint density at radius 3 is 1.70 bits per heavy atom. The van der Waals surface area contributed by atoms with Gasteiger partial charge in [-0.15, -0.1) is 0 Å². The van der Waals surface area contributed by atoms with Crippen LogP contribution in [0.3, 0.4) is 0 Å². The van der Waals surface area contributed by atoms with Crippen molar-refractivity contribution >= 4 is 10.4 Å². The Bertz CT molecular complexity index is 130. The molecule has 0 aromatic heterocycles. The van der Waals surface area contributed by atoms with Crippen LogP contribution in [0, 0.1) is 0 Å². The first-order valence-corrected chi connectivity index (χ1v) is 4.00. The van der Waals surface area contributed by atoms with Crippen molar-refractivity contribution < 1.29 is 46.7 Å². The van der Waals surface area contributed by atoms with E-state index < -0.39 is 10.4 Å². The summed E-state index contributed by atoms with van der Waals surface area (Å²) in [4.78, 5) is 0. The summed E-state index contributed by atoms with van der Waals surface area (Å²) in [5.41, 5.74) is 0. The van der Waals surface area contributed by atoms with Gasteiger partial charge in [0.2, 0.25) is 10.4 Å². The van der Waals surface area contributed by atoms with Crippen LogP contribution >= 0.6 is 0 Å². The van der Waals surface area contributed by atoms with Gasteiger partial charge in [0.25, 0.3) is 0 Å². The van der Waals surface area contributed by atoms with Crippen molar-refractivity contribution in [3.05, 3.63) is 0 Å². The molecule has 0 saturated carbocycles. The van der Waals surface area contributed by atoms with Gasteiger partial charge in [0, 0.05) is 0 Å². The van der Waals surface area contributed by atoms with E-state index in [4.69, 9.17) is 0 Å². The summed E-state index contributed by atoms with van der Waals surface area (Å²) < 4.78 is 32.0. The second-order valence-electron chi connectivity index (χ2n) is 0.815. The predicted octanol–water partition coefficient (Wildman–Crippen LogP) is -2.49. The molecule has 0 spiro atoms. The van der Waals surface area contributed by atoms with Gasteiger partial charge < -0.3 is 4.55 Å². The minimum atomic E-state index is -4.42. The summed E-state index contributed by atoms with van der Waals surface area (Å²) in [5.74, 6) is 0. The van der Waals surface area contributed by atoms with Crippen LogP contribution in [-0.2, 0) is 14.6 Å². The van der Waals surface area contributed by atoms with E-state index in [9.17, 15) is 13.0 Å². The first-order chi connectivity index (χ1) is 4.06. The topological polar surface area (TPSA) is 66.4 Å². The number of rotatable bonds is 2. The molecular formula is C4H11NaO4S. The molecule has 6 heteroatoms. The van der Waals surface area contributed by atoms with Crippen LogP contribution < -0.4 is 29.6 Å². The molecule has 0 aromatic carbocycles. The summed E-state index contributed by atoms with van der Waals surface area (Å²) >= 11 is 0. The van der Waals surface area contributed by atoms with Crippen molar-refractivity contribution in [3.8, 4) is 0 Å². The zero-order valence-corrected chi connectivity index (χ0v) is 9.56. The van der Waals surface area contributed by atoms with Gasteiger partial charge in [-0.1, -0.05) is 13.8 Å². The molecule has 0 unspecified atom stereocenters. The Kier molecular flexibility index (Phi) is 16.9. The summed E-state index contributed by atoms with van der Waals surface area (Å²) in [6.45, 7) is 5.33. The second-order valence-corrected chi connectivity index (χ2v) is 1.87. The van der Waals surface area contributed by atoms with E-state index in [2.05, 4.69) is 4.18 Å². The van der Waals surface area contributed by atoms with Gasteiger partial charge in [-0.05, 0) is 6.92 Å². The molecule has 0 atom stereocenters. The fourth-order valence-corrected chi connectivity index (χ4v) is 0.433. The van der Waals surface area contributed by atoms with E-state index >= 15 is 0 Å². The van der Waals surface area contributed by atoms with Gasteiger partial charge in [0.15, 0.2) is 0 Å². The normalized spacial score (nSPS) is 8.80. The van der Waals surface area contributed by atoms with E-state index in [0.29, 0.717) is 0 Å². The maximum absolute atomic E-state index is 9.45. The predicted molar refractivity (Wildman–Crippen MR) is 32.7 cm³/mol. The molecule has 10 heavy (non-hydrogen) atoms. The molecule has 0 heterocycles. The quantitative estimate of drug-likeness (QED) is 0.266. The Morgan fingerprint density at radius 2 is 1.70 bits per heavy atom. The molecule has 0 saturated heterocycles. The Balaban J connectivity index is -0.000000149. The minimum absolute atomic E-state index is 0. The summed E-state index contributed by atoms with van der Waals surface area (Å²) in [6.07, 6.45) is 0. The van der Waals surface area contributed by atoms with Crippen LogP contribution in [0.2, 0.25) is 0 Å². The van der Waals surface area contributed by atoms with Gasteiger partial charge in [-0.25, -0.2) is 8.42 Å². The molecule has 0 aromatic rings. The van der Waals surface area contributed by atoms with Gasteiger partial charge in [-0.3, -0.25) is 4.18 Å². The number of hydrogen-bond acceptors (Lipinski definition) is 4.